The highest BCUT2D eigenvalue weighted by Crippen LogP contribution is 2.34. The van der Waals surface area contributed by atoms with Gasteiger partial charge in [0, 0.05) is 19.5 Å². The van der Waals surface area contributed by atoms with E-state index in [1.165, 1.54) is 12.3 Å². The molecule has 0 unspecified atom stereocenters. The number of ether oxygens (including phenoxy) is 2. The summed E-state index contributed by atoms with van der Waals surface area (Å²) in [5.41, 5.74) is 4.96. The van der Waals surface area contributed by atoms with Crippen LogP contribution in [-0.4, -0.2) is 25.0 Å². The van der Waals surface area contributed by atoms with Gasteiger partial charge < -0.3 is 20.0 Å². The van der Waals surface area contributed by atoms with Crippen molar-refractivity contribution in [2.45, 2.75) is 26.2 Å². The fraction of sp³-hybridized carbons (Fsp3) is 0.353. The van der Waals surface area contributed by atoms with Crippen molar-refractivity contribution in [3.05, 3.63) is 47.8 Å². The second-order valence-corrected chi connectivity index (χ2v) is 6.21. The fourth-order valence-corrected chi connectivity index (χ4v) is 2.11. The van der Waals surface area contributed by atoms with Crippen LogP contribution in [0.5, 0.6) is 5.75 Å². The maximum Gasteiger partial charge on any atom is 0.337 e. The highest BCUT2D eigenvalue weighted by molar-refractivity contribution is 5.90. The lowest BCUT2D eigenvalue weighted by atomic mass is 9.87. The summed E-state index contributed by atoms with van der Waals surface area (Å²) in [6, 6.07) is 5.85. The predicted molar refractivity (Wildman–Crippen MR) is 88.1 cm³/mol. The number of anilines is 1. The molecule has 0 aromatic heterocycles. The number of carboxylic acid groups (broad SMARTS) is 1. The minimum absolute atomic E-state index is 0.0268. The number of hydrogen-bond acceptors (Lipinski definition) is 5. The number of hydrazine groups is 1. The molecule has 0 amide bonds. The molecule has 6 nitrogen and oxygen atoms in total. The van der Waals surface area contributed by atoms with E-state index in [1.807, 2.05) is 18.2 Å². The van der Waals surface area contributed by atoms with Crippen LogP contribution in [0.25, 0.3) is 0 Å². The lowest BCUT2D eigenvalue weighted by Gasteiger charge is -2.27. The van der Waals surface area contributed by atoms with E-state index in [0.29, 0.717) is 11.4 Å². The average molecular weight is 318 g/mol. The maximum atomic E-state index is 11.1. The van der Waals surface area contributed by atoms with Gasteiger partial charge in [-0.1, -0.05) is 26.8 Å². The molecule has 0 atom stereocenters. The summed E-state index contributed by atoms with van der Waals surface area (Å²) in [5, 5.41) is 10.8. The zero-order valence-electron chi connectivity index (χ0n) is 13.8. The molecule has 0 saturated carbocycles. The van der Waals surface area contributed by atoms with E-state index in [2.05, 4.69) is 26.2 Å². The van der Waals surface area contributed by atoms with Crippen molar-refractivity contribution in [2.24, 2.45) is 0 Å². The van der Waals surface area contributed by atoms with Gasteiger partial charge in [-0.2, -0.15) is 0 Å². The summed E-state index contributed by atoms with van der Waals surface area (Å²) in [6.07, 6.45) is 4.58. The first-order valence-electron chi connectivity index (χ1n) is 7.26. The molecule has 2 rings (SSSR count). The second-order valence-electron chi connectivity index (χ2n) is 6.21. The van der Waals surface area contributed by atoms with Crippen molar-refractivity contribution in [1.29, 1.82) is 0 Å². The number of carboxylic acids is 1. The number of rotatable bonds is 5. The van der Waals surface area contributed by atoms with E-state index in [4.69, 9.17) is 14.6 Å². The van der Waals surface area contributed by atoms with E-state index in [9.17, 15) is 4.79 Å². The Morgan fingerprint density at radius 1 is 1.35 bits per heavy atom. The third-order valence-corrected chi connectivity index (χ3v) is 3.41. The van der Waals surface area contributed by atoms with E-state index in [-0.39, 0.29) is 17.8 Å². The maximum absolute atomic E-state index is 11.1. The molecule has 1 aromatic carbocycles. The highest BCUT2D eigenvalue weighted by atomic mass is 16.7. The molecule has 124 valence electrons. The van der Waals surface area contributed by atoms with Crippen LogP contribution < -0.4 is 15.2 Å². The van der Waals surface area contributed by atoms with Gasteiger partial charge in [-0.05, 0) is 29.2 Å². The van der Waals surface area contributed by atoms with Gasteiger partial charge in [-0.15, -0.1) is 0 Å². The molecule has 0 bridgehead atoms. The lowest BCUT2D eigenvalue weighted by Crippen LogP contribution is -2.32. The first kappa shape index (κ1) is 16.9. The van der Waals surface area contributed by atoms with Gasteiger partial charge >= 0.3 is 5.97 Å². The number of aliphatic carboxylic acids is 1. The molecule has 1 aliphatic heterocycles. The molecule has 0 radical (unpaired) electrons. The van der Waals surface area contributed by atoms with Crippen molar-refractivity contribution in [3.8, 4) is 5.75 Å². The van der Waals surface area contributed by atoms with Crippen molar-refractivity contribution >= 4 is 11.7 Å². The van der Waals surface area contributed by atoms with Crippen LogP contribution in [0.15, 0.2) is 42.2 Å². The molecule has 1 heterocycles. The molecular weight excluding hydrogens is 296 g/mol. The average Bonchev–Trinajstić information content (AvgIpc) is 2.52. The van der Waals surface area contributed by atoms with Crippen molar-refractivity contribution < 1.29 is 19.4 Å². The van der Waals surface area contributed by atoms with Crippen LogP contribution in [0.2, 0.25) is 0 Å². The first-order chi connectivity index (χ1) is 10.8. The first-order valence-corrected chi connectivity index (χ1v) is 7.26. The van der Waals surface area contributed by atoms with E-state index in [1.54, 1.807) is 18.3 Å². The summed E-state index contributed by atoms with van der Waals surface area (Å²) in [5.74, 6) is -0.374. The van der Waals surface area contributed by atoms with E-state index < -0.39 is 5.97 Å². The molecule has 2 N–H and O–H groups in total. The normalized spacial score (nSPS) is 14.3. The second kappa shape index (κ2) is 6.75. The Labute approximate surface area is 136 Å². The van der Waals surface area contributed by atoms with E-state index >= 15 is 0 Å². The van der Waals surface area contributed by atoms with Gasteiger partial charge in [-0.3, -0.25) is 5.01 Å². The molecule has 6 heteroatoms. The number of nitrogens with one attached hydrogen (secondary N) is 1. The number of methoxy groups -OCH3 is 1. The standard InChI is InChI=1S/C17H22N2O4/c1-17(2,3)13-5-6-14(15(9-13)23-11-22-4)19-10-12(16(20)21)7-8-18-19/h5-10,18H,11H2,1-4H3,(H,20,21). The molecule has 1 aromatic rings. The van der Waals surface area contributed by atoms with Crippen LogP contribution in [0.1, 0.15) is 26.3 Å². The highest BCUT2D eigenvalue weighted by Gasteiger charge is 2.20. The van der Waals surface area contributed by atoms with Crippen molar-refractivity contribution in [1.82, 2.24) is 5.43 Å². The molecule has 0 fully saturated rings. The molecule has 0 saturated heterocycles. The minimum atomic E-state index is -0.988. The molecule has 23 heavy (non-hydrogen) atoms. The molecule has 0 aliphatic carbocycles. The van der Waals surface area contributed by atoms with Gasteiger partial charge in [0.1, 0.15) is 11.4 Å². The van der Waals surface area contributed by atoms with Crippen LogP contribution in [0.4, 0.5) is 5.69 Å². The van der Waals surface area contributed by atoms with Crippen LogP contribution in [0.3, 0.4) is 0 Å². The van der Waals surface area contributed by atoms with Crippen LogP contribution in [-0.2, 0) is 14.9 Å². The summed E-state index contributed by atoms with van der Waals surface area (Å²) >= 11 is 0. The van der Waals surface area contributed by atoms with Crippen LogP contribution in [0, 0.1) is 0 Å². The Morgan fingerprint density at radius 3 is 2.70 bits per heavy atom. The minimum Gasteiger partial charge on any atom is -0.478 e. The summed E-state index contributed by atoms with van der Waals surface area (Å²) in [6.45, 7) is 6.46. The molecule has 0 spiro atoms. The predicted octanol–water partition coefficient (Wildman–Crippen LogP) is 2.77. The third-order valence-electron chi connectivity index (χ3n) is 3.41. The zero-order chi connectivity index (χ0) is 17.0. The Balaban J connectivity index is 2.41. The Bertz CT molecular complexity index is 644. The van der Waals surface area contributed by atoms with Crippen LogP contribution >= 0.6 is 0 Å². The smallest absolute Gasteiger partial charge is 0.337 e. The van der Waals surface area contributed by atoms with Gasteiger partial charge in [0.15, 0.2) is 6.79 Å². The Hall–Kier alpha value is -2.47. The molecule has 1 aliphatic rings. The largest absolute Gasteiger partial charge is 0.478 e. The SMILES string of the molecule is COCOc1cc(C(C)(C)C)ccc1N1C=C(C(=O)O)C=CN1. The van der Waals surface area contributed by atoms with Gasteiger partial charge in [0.05, 0.1) is 5.57 Å². The fourth-order valence-electron chi connectivity index (χ4n) is 2.11. The Morgan fingerprint density at radius 2 is 2.09 bits per heavy atom. The number of nitrogens with zero attached hydrogens (tertiary/aromatic N) is 1. The lowest BCUT2D eigenvalue weighted by molar-refractivity contribution is -0.132. The summed E-state index contributed by atoms with van der Waals surface area (Å²) < 4.78 is 10.7. The quantitative estimate of drug-likeness (QED) is 0.814. The third kappa shape index (κ3) is 4.04. The van der Waals surface area contributed by atoms with Crippen molar-refractivity contribution in [3.63, 3.8) is 0 Å². The van der Waals surface area contributed by atoms with E-state index in [0.717, 1.165) is 5.56 Å². The Kier molecular flexibility index (Phi) is 4.95. The summed E-state index contributed by atoms with van der Waals surface area (Å²) in [4.78, 5) is 11.1. The molecular formula is C17H22N2O4. The summed E-state index contributed by atoms with van der Waals surface area (Å²) in [7, 11) is 1.55. The number of hydrogen-bond donors (Lipinski definition) is 2. The van der Waals surface area contributed by atoms with Crippen molar-refractivity contribution in [2.75, 3.05) is 18.9 Å². The zero-order valence-corrected chi connectivity index (χ0v) is 13.8. The monoisotopic (exact) mass is 318 g/mol. The van der Waals surface area contributed by atoms with Gasteiger partial charge in [0.2, 0.25) is 0 Å². The van der Waals surface area contributed by atoms with Gasteiger partial charge in [0.25, 0.3) is 0 Å². The topological polar surface area (TPSA) is 71.0 Å². The number of carbonyl (C=O) groups is 1. The van der Waals surface area contributed by atoms with Gasteiger partial charge in [-0.25, -0.2) is 4.79 Å². The number of benzene rings is 1.